The largest absolute Gasteiger partial charge is 0.493 e. The maximum Gasteiger partial charge on any atom is 0.225 e. The minimum Gasteiger partial charge on any atom is -0.493 e. The summed E-state index contributed by atoms with van der Waals surface area (Å²) in [6, 6.07) is 11.5. The van der Waals surface area contributed by atoms with Gasteiger partial charge in [-0.2, -0.15) is 5.10 Å². The minimum absolute atomic E-state index is 0.00203. The number of anilines is 1. The topological polar surface area (TPSA) is 85.2 Å². The molecule has 4 rings (SSSR count). The molecule has 1 fully saturated rings. The van der Waals surface area contributed by atoms with Crippen LogP contribution < -0.4 is 15.0 Å². The van der Waals surface area contributed by atoms with Crippen LogP contribution >= 0.6 is 0 Å². The summed E-state index contributed by atoms with van der Waals surface area (Å²) < 4.78 is 7.34. The van der Waals surface area contributed by atoms with Gasteiger partial charge in [0.15, 0.2) is 0 Å². The highest BCUT2D eigenvalue weighted by Crippen LogP contribution is 2.21. The number of carbonyl (C=O) groups is 1. The summed E-state index contributed by atoms with van der Waals surface area (Å²) in [5.74, 6) is 1.45. The van der Waals surface area contributed by atoms with E-state index in [0.717, 1.165) is 30.0 Å². The number of aromatic nitrogens is 4. The van der Waals surface area contributed by atoms with Crippen LogP contribution in [0.4, 0.5) is 5.95 Å². The van der Waals surface area contributed by atoms with E-state index in [4.69, 9.17) is 4.74 Å². The molecule has 0 aliphatic carbocycles. The maximum atomic E-state index is 12.2. The monoisotopic (exact) mass is 392 g/mol. The highest BCUT2D eigenvalue weighted by atomic mass is 16.5. The van der Waals surface area contributed by atoms with Gasteiger partial charge in [-0.1, -0.05) is 18.2 Å². The van der Waals surface area contributed by atoms with E-state index >= 15 is 0 Å². The van der Waals surface area contributed by atoms with Crippen molar-refractivity contribution < 1.29 is 9.53 Å². The molecule has 1 aliphatic heterocycles. The molecule has 0 saturated carbocycles. The zero-order valence-electron chi connectivity index (χ0n) is 16.4. The van der Waals surface area contributed by atoms with E-state index in [1.807, 2.05) is 49.6 Å². The Kier molecular flexibility index (Phi) is 5.69. The molecule has 0 bridgehead atoms. The van der Waals surface area contributed by atoms with Crippen molar-refractivity contribution in [3.8, 4) is 17.0 Å². The summed E-state index contributed by atoms with van der Waals surface area (Å²) in [5.41, 5.74) is 1.80. The van der Waals surface area contributed by atoms with Crippen LogP contribution in [0, 0.1) is 0 Å². The van der Waals surface area contributed by atoms with E-state index in [1.54, 1.807) is 17.1 Å². The lowest BCUT2D eigenvalue weighted by Gasteiger charge is -2.17. The molecule has 1 N–H and O–H groups in total. The summed E-state index contributed by atoms with van der Waals surface area (Å²) in [5, 5.41) is 7.28. The smallest absolute Gasteiger partial charge is 0.225 e. The van der Waals surface area contributed by atoms with Gasteiger partial charge in [-0.25, -0.2) is 9.97 Å². The molecule has 8 nitrogen and oxygen atoms in total. The van der Waals surface area contributed by atoms with Gasteiger partial charge in [0.05, 0.1) is 24.9 Å². The average molecular weight is 392 g/mol. The first-order valence-electron chi connectivity index (χ1n) is 9.71. The number of benzene rings is 1. The first kappa shape index (κ1) is 18.9. The molecule has 1 unspecified atom stereocenters. The quantitative estimate of drug-likeness (QED) is 0.662. The number of nitrogens with one attached hydrogen (secondary N) is 1. The highest BCUT2D eigenvalue weighted by Gasteiger charge is 2.25. The number of rotatable bonds is 7. The zero-order chi connectivity index (χ0) is 20.1. The van der Waals surface area contributed by atoms with Crippen molar-refractivity contribution >= 4 is 11.9 Å². The van der Waals surface area contributed by atoms with Gasteiger partial charge in [0.25, 0.3) is 0 Å². The number of para-hydroxylation sites is 1. The molecule has 1 atom stereocenters. The van der Waals surface area contributed by atoms with Crippen molar-refractivity contribution in [1.82, 2.24) is 25.1 Å². The molecule has 2 aromatic heterocycles. The van der Waals surface area contributed by atoms with Crippen molar-refractivity contribution in [2.75, 3.05) is 24.6 Å². The van der Waals surface area contributed by atoms with Crippen molar-refractivity contribution in [3.05, 3.63) is 55.0 Å². The van der Waals surface area contributed by atoms with E-state index in [2.05, 4.69) is 25.3 Å². The predicted octanol–water partition coefficient (Wildman–Crippen LogP) is 2.04. The molecule has 0 radical (unpaired) electrons. The lowest BCUT2D eigenvalue weighted by Crippen LogP contribution is -2.37. The average Bonchev–Trinajstić information content (AvgIpc) is 3.38. The van der Waals surface area contributed by atoms with E-state index < -0.39 is 0 Å². The Bertz CT molecular complexity index is 959. The molecule has 1 aromatic carbocycles. The molecule has 1 saturated heterocycles. The highest BCUT2D eigenvalue weighted by molar-refractivity contribution is 5.76. The third kappa shape index (κ3) is 4.90. The van der Waals surface area contributed by atoms with Crippen molar-refractivity contribution in [2.45, 2.75) is 18.9 Å². The van der Waals surface area contributed by atoms with Gasteiger partial charge >= 0.3 is 0 Å². The Morgan fingerprint density at radius 1 is 1.28 bits per heavy atom. The van der Waals surface area contributed by atoms with Crippen molar-refractivity contribution in [2.24, 2.45) is 7.05 Å². The van der Waals surface area contributed by atoms with Gasteiger partial charge in [0, 0.05) is 44.1 Å². The number of aryl methyl sites for hydroxylation is 1. The first-order chi connectivity index (χ1) is 14.2. The van der Waals surface area contributed by atoms with Crippen molar-refractivity contribution in [1.29, 1.82) is 0 Å². The van der Waals surface area contributed by atoms with E-state index in [-0.39, 0.29) is 11.9 Å². The molecule has 29 heavy (non-hydrogen) atoms. The molecule has 1 aliphatic rings. The molecule has 3 aromatic rings. The molecule has 0 spiro atoms. The second-order valence-electron chi connectivity index (χ2n) is 7.06. The normalized spacial score (nSPS) is 16.0. The lowest BCUT2D eigenvalue weighted by atomic mass is 10.2. The summed E-state index contributed by atoms with van der Waals surface area (Å²) in [6.07, 6.45) is 6.68. The van der Waals surface area contributed by atoms with Crippen LogP contribution in [0.2, 0.25) is 0 Å². The number of carbonyl (C=O) groups excluding carboxylic acids is 1. The minimum atomic E-state index is -0.00203. The second-order valence-corrected chi connectivity index (χ2v) is 7.06. The third-order valence-corrected chi connectivity index (χ3v) is 4.82. The summed E-state index contributed by atoms with van der Waals surface area (Å²) >= 11 is 0. The Labute approximate surface area is 169 Å². The number of hydrogen-bond acceptors (Lipinski definition) is 6. The van der Waals surface area contributed by atoms with Crippen LogP contribution in [0.1, 0.15) is 12.8 Å². The SMILES string of the molecule is Cn1cc(-c2ccnc(N3CCC(NC(=O)CCOc4ccccc4)C3)n2)cn1. The Hall–Kier alpha value is -3.42. The van der Waals surface area contributed by atoms with Crippen LogP contribution in [0.5, 0.6) is 5.75 Å². The fraction of sp³-hybridized carbons (Fsp3) is 0.333. The van der Waals surface area contributed by atoms with Crippen LogP contribution in [0.25, 0.3) is 11.3 Å². The maximum absolute atomic E-state index is 12.2. The molecule has 150 valence electrons. The summed E-state index contributed by atoms with van der Waals surface area (Å²) in [4.78, 5) is 23.4. The lowest BCUT2D eigenvalue weighted by molar-refractivity contribution is -0.122. The molecule has 1 amide bonds. The van der Waals surface area contributed by atoms with Gasteiger partial charge in [-0.05, 0) is 24.6 Å². The third-order valence-electron chi connectivity index (χ3n) is 4.82. The van der Waals surface area contributed by atoms with Gasteiger partial charge in [0.2, 0.25) is 11.9 Å². The van der Waals surface area contributed by atoms with Gasteiger partial charge in [-0.15, -0.1) is 0 Å². The van der Waals surface area contributed by atoms with E-state index in [0.29, 0.717) is 25.5 Å². The van der Waals surface area contributed by atoms with Crippen molar-refractivity contribution in [3.63, 3.8) is 0 Å². The number of hydrogen-bond donors (Lipinski definition) is 1. The van der Waals surface area contributed by atoms with E-state index in [1.165, 1.54) is 0 Å². The Morgan fingerprint density at radius 2 is 2.14 bits per heavy atom. The summed E-state index contributed by atoms with van der Waals surface area (Å²) in [6.45, 7) is 1.87. The van der Waals surface area contributed by atoms with Gasteiger partial charge < -0.3 is 15.0 Å². The molecule has 8 heteroatoms. The standard InChI is InChI=1S/C21H24N6O2/c1-26-14-16(13-23-26)19-7-10-22-21(25-19)27-11-8-17(15-27)24-20(28)9-12-29-18-5-3-2-4-6-18/h2-7,10,13-14,17H,8-9,11-12,15H2,1H3,(H,24,28). The zero-order valence-corrected chi connectivity index (χ0v) is 16.4. The molecular formula is C21H24N6O2. The van der Waals surface area contributed by atoms with Crippen LogP contribution in [0.3, 0.4) is 0 Å². The molecular weight excluding hydrogens is 368 g/mol. The van der Waals surface area contributed by atoms with Gasteiger partial charge in [0.1, 0.15) is 5.75 Å². The first-order valence-corrected chi connectivity index (χ1v) is 9.71. The number of ether oxygens (including phenoxy) is 1. The number of nitrogens with zero attached hydrogens (tertiary/aromatic N) is 5. The van der Waals surface area contributed by atoms with Gasteiger partial charge in [-0.3, -0.25) is 9.48 Å². The summed E-state index contributed by atoms with van der Waals surface area (Å²) in [7, 11) is 1.88. The molecule has 3 heterocycles. The fourth-order valence-corrected chi connectivity index (χ4v) is 3.35. The van der Waals surface area contributed by atoms with Crippen LogP contribution in [-0.4, -0.2) is 51.4 Å². The van der Waals surface area contributed by atoms with E-state index in [9.17, 15) is 4.79 Å². The van der Waals surface area contributed by atoms with Crippen LogP contribution in [0.15, 0.2) is 55.0 Å². The Morgan fingerprint density at radius 3 is 2.93 bits per heavy atom. The fourth-order valence-electron chi connectivity index (χ4n) is 3.35. The predicted molar refractivity (Wildman–Crippen MR) is 110 cm³/mol. The van der Waals surface area contributed by atoms with Crippen LogP contribution in [-0.2, 0) is 11.8 Å². The Balaban J connectivity index is 1.27. The second kappa shape index (κ2) is 8.72. The number of amides is 1.